The normalized spacial score (nSPS) is 15.8. The van der Waals surface area contributed by atoms with Crippen LogP contribution < -0.4 is 5.43 Å². The number of hydrogen-bond acceptors (Lipinski definition) is 4. The van der Waals surface area contributed by atoms with Crippen molar-refractivity contribution in [3.8, 4) is 0 Å². The van der Waals surface area contributed by atoms with Crippen molar-refractivity contribution in [2.45, 2.75) is 32.2 Å². The lowest BCUT2D eigenvalue weighted by molar-refractivity contribution is -0.121. The summed E-state index contributed by atoms with van der Waals surface area (Å²) < 4.78 is 1.59. The SMILES string of the molecule is O=C(Cn1nnc2ccccc21)N/N=C1/CCCCc2ccccc21. The van der Waals surface area contributed by atoms with Gasteiger partial charge in [0.05, 0.1) is 11.2 Å². The molecule has 1 N–H and O–H groups in total. The Bertz CT molecular complexity index is 944. The minimum absolute atomic E-state index is 0.0962. The molecule has 126 valence electrons. The molecule has 1 heterocycles. The van der Waals surface area contributed by atoms with Gasteiger partial charge >= 0.3 is 0 Å². The number of carbonyl (C=O) groups excluding carboxylic acids is 1. The van der Waals surface area contributed by atoms with E-state index in [1.807, 2.05) is 30.3 Å². The molecule has 25 heavy (non-hydrogen) atoms. The zero-order chi connectivity index (χ0) is 17.1. The second kappa shape index (κ2) is 6.84. The van der Waals surface area contributed by atoms with E-state index >= 15 is 0 Å². The monoisotopic (exact) mass is 333 g/mol. The largest absolute Gasteiger partial charge is 0.271 e. The lowest BCUT2D eigenvalue weighted by Crippen LogP contribution is -2.25. The van der Waals surface area contributed by atoms with Crippen LogP contribution in [0.25, 0.3) is 11.0 Å². The maximum absolute atomic E-state index is 12.3. The summed E-state index contributed by atoms with van der Waals surface area (Å²) in [6.45, 7) is 0.0962. The van der Waals surface area contributed by atoms with Gasteiger partial charge in [0.25, 0.3) is 5.91 Å². The summed E-state index contributed by atoms with van der Waals surface area (Å²) in [5.41, 5.74) is 7.69. The molecule has 3 aromatic rings. The van der Waals surface area contributed by atoms with Gasteiger partial charge in [0.15, 0.2) is 0 Å². The average Bonchev–Trinajstić information content (AvgIpc) is 2.92. The number of benzene rings is 2. The van der Waals surface area contributed by atoms with E-state index < -0.39 is 0 Å². The molecule has 1 aromatic heterocycles. The van der Waals surface area contributed by atoms with Crippen LogP contribution >= 0.6 is 0 Å². The van der Waals surface area contributed by atoms with Gasteiger partial charge in [-0.15, -0.1) is 5.10 Å². The summed E-state index contributed by atoms with van der Waals surface area (Å²) in [5, 5.41) is 12.5. The Balaban J connectivity index is 1.50. The van der Waals surface area contributed by atoms with E-state index in [1.54, 1.807) is 4.68 Å². The lowest BCUT2D eigenvalue weighted by atomic mass is 10.0. The van der Waals surface area contributed by atoms with Crippen LogP contribution in [0.4, 0.5) is 0 Å². The van der Waals surface area contributed by atoms with Crippen LogP contribution in [0.15, 0.2) is 53.6 Å². The first kappa shape index (κ1) is 15.5. The standard InChI is InChI=1S/C19H19N5O/c25-19(13-24-18-12-6-5-11-17(18)21-23-24)22-20-16-10-4-2-8-14-7-1-3-9-15(14)16/h1,3,5-7,9,11-12H,2,4,8,10,13H2,(H,22,25)/b20-16-. The van der Waals surface area contributed by atoms with Crippen molar-refractivity contribution in [2.24, 2.45) is 5.10 Å². The third-order valence-electron chi connectivity index (χ3n) is 4.47. The van der Waals surface area contributed by atoms with Gasteiger partial charge in [0.1, 0.15) is 12.1 Å². The fourth-order valence-corrected chi connectivity index (χ4v) is 3.21. The third kappa shape index (κ3) is 3.28. The summed E-state index contributed by atoms with van der Waals surface area (Å²) >= 11 is 0. The maximum atomic E-state index is 12.3. The van der Waals surface area contributed by atoms with E-state index in [0.29, 0.717) is 0 Å². The van der Waals surface area contributed by atoms with Crippen molar-refractivity contribution in [1.29, 1.82) is 0 Å². The molecular weight excluding hydrogens is 314 g/mol. The summed E-state index contributed by atoms with van der Waals surface area (Å²) in [4.78, 5) is 12.3. The summed E-state index contributed by atoms with van der Waals surface area (Å²) in [5.74, 6) is -0.204. The number of aryl methyl sites for hydroxylation is 1. The maximum Gasteiger partial charge on any atom is 0.261 e. The molecule has 4 rings (SSSR count). The number of fused-ring (bicyclic) bond motifs is 2. The molecule has 1 aliphatic carbocycles. The molecule has 0 spiro atoms. The van der Waals surface area contributed by atoms with Crippen molar-refractivity contribution < 1.29 is 4.79 Å². The number of amides is 1. The van der Waals surface area contributed by atoms with E-state index in [2.05, 4.69) is 39.0 Å². The third-order valence-corrected chi connectivity index (χ3v) is 4.47. The number of aromatic nitrogens is 3. The van der Waals surface area contributed by atoms with Crippen LogP contribution in [0.5, 0.6) is 0 Å². The lowest BCUT2D eigenvalue weighted by Gasteiger charge is -2.08. The van der Waals surface area contributed by atoms with E-state index in [9.17, 15) is 4.79 Å². The first-order chi connectivity index (χ1) is 12.3. The van der Waals surface area contributed by atoms with Crippen molar-refractivity contribution in [1.82, 2.24) is 20.4 Å². The van der Waals surface area contributed by atoms with E-state index in [-0.39, 0.29) is 12.5 Å². The fraction of sp³-hybridized carbons (Fsp3) is 0.263. The van der Waals surface area contributed by atoms with Gasteiger partial charge in [-0.1, -0.05) is 41.6 Å². The van der Waals surface area contributed by atoms with Gasteiger partial charge in [-0.25, -0.2) is 10.1 Å². The van der Waals surface area contributed by atoms with Gasteiger partial charge in [-0.05, 0) is 43.4 Å². The van der Waals surface area contributed by atoms with Gasteiger partial charge in [-0.2, -0.15) is 5.10 Å². The van der Waals surface area contributed by atoms with Crippen LogP contribution in [-0.2, 0) is 17.8 Å². The predicted molar refractivity (Wildman–Crippen MR) is 96.2 cm³/mol. The molecule has 6 heteroatoms. The smallest absolute Gasteiger partial charge is 0.261 e. The molecule has 0 bridgehead atoms. The molecule has 1 amide bonds. The quantitative estimate of drug-likeness (QED) is 0.592. The minimum atomic E-state index is -0.204. The van der Waals surface area contributed by atoms with Crippen LogP contribution in [0.1, 0.15) is 30.4 Å². The molecule has 0 atom stereocenters. The van der Waals surface area contributed by atoms with Crippen LogP contribution in [-0.4, -0.2) is 26.6 Å². The molecule has 6 nitrogen and oxygen atoms in total. The number of para-hydroxylation sites is 1. The molecule has 0 radical (unpaired) electrons. The molecule has 2 aromatic carbocycles. The van der Waals surface area contributed by atoms with E-state index in [1.165, 1.54) is 5.56 Å². The van der Waals surface area contributed by atoms with Crippen LogP contribution in [0, 0.1) is 0 Å². The van der Waals surface area contributed by atoms with Crippen molar-refractivity contribution >= 4 is 22.7 Å². The second-order valence-corrected chi connectivity index (χ2v) is 6.19. The Labute approximate surface area is 145 Å². The van der Waals surface area contributed by atoms with Gasteiger partial charge in [-0.3, -0.25) is 4.79 Å². The summed E-state index contributed by atoms with van der Waals surface area (Å²) in [6.07, 6.45) is 4.17. The number of nitrogens with zero attached hydrogens (tertiary/aromatic N) is 4. The van der Waals surface area contributed by atoms with Crippen molar-refractivity contribution in [2.75, 3.05) is 0 Å². The zero-order valence-corrected chi connectivity index (χ0v) is 13.9. The Morgan fingerprint density at radius 2 is 1.88 bits per heavy atom. The van der Waals surface area contributed by atoms with Gasteiger partial charge in [0.2, 0.25) is 0 Å². The number of rotatable bonds is 3. The number of hydrazone groups is 1. The Morgan fingerprint density at radius 1 is 1.08 bits per heavy atom. The van der Waals surface area contributed by atoms with Crippen molar-refractivity contribution in [3.63, 3.8) is 0 Å². The number of hydrogen-bond donors (Lipinski definition) is 1. The molecule has 1 aliphatic rings. The summed E-state index contributed by atoms with van der Waals surface area (Å²) in [6, 6.07) is 15.9. The number of nitrogens with one attached hydrogen (secondary N) is 1. The first-order valence-electron chi connectivity index (χ1n) is 8.53. The van der Waals surface area contributed by atoms with Gasteiger partial charge < -0.3 is 0 Å². The topological polar surface area (TPSA) is 72.2 Å². The molecule has 0 unspecified atom stereocenters. The highest BCUT2D eigenvalue weighted by Crippen LogP contribution is 2.20. The highest BCUT2D eigenvalue weighted by atomic mass is 16.2. The molecular formula is C19H19N5O. The fourth-order valence-electron chi connectivity index (χ4n) is 3.21. The predicted octanol–water partition coefficient (Wildman–Crippen LogP) is 2.68. The van der Waals surface area contributed by atoms with E-state index in [0.717, 1.165) is 48.0 Å². The molecule has 0 saturated carbocycles. The molecule has 0 aliphatic heterocycles. The Hall–Kier alpha value is -3.02. The average molecular weight is 333 g/mol. The number of carbonyl (C=O) groups is 1. The Kier molecular flexibility index (Phi) is 4.24. The first-order valence-corrected chi connectivity index (χ1v) is 8.53. The van der Waals surface area contributed by atoms with Crippen molar-refractivity contribution in [3.05, 3.63) is 59.7 Å². The highest BCUT2D eigenvalue weighted by Gasteiger charge is 2.14. The van der Waals surface area contributed by atoms with Crippen LogP contribution in [0.2, 0.25) is 0 Å². The zero-order valence-electron chi connectivity index (χ0n) is 13.9. The Morgan fingerprint density at radius 3 is 2.84 bits per heavy atom. The van der Waals surface area contributed by atoms with Gasteiger partial charge in [0, 0.05) is 5.56 Å². The van der Waals surface area contributed by atoms with Crippen LogP contribution in [0.3, 0.4) is 0 Å². The summed E-state index contributed by atoms with van der Waals surface area (Å²) in [7, 11) is 0. The molecule has 0 saturated heterocycles. The second-order valence-electron chi connectivity index (χ2n) is 6.19. The molecule has 0 fully saturated rings. The van der Waals surface area contributed by atoms with E-state index in [4.69, 9.17) is 0 Å². The minimum Gasteiger partial charge on any atom is -0.271 e. The highest BCUT2D eigenvalue weighted by molar-refractivity contribution is 6.02.